The van der Waals surface area contributed by atoms with Crippen LogP contribution in [0.25, 0.3) is 0 Å². The van der Waals surface area contributed by atoms with Crippen molar-refractivity contribution in [2.24, 2.45) is 0 Å². The largest absolute Gasteiger partial charge is 0.488 e. The summed E-state index contributed by atoms with van der Waals surface area (Å²) < 4.78 is 5.76. The maximum absolute atomic E-state index is 5.76. The second kappa shape index (κ2) is 5.50. The van der Waals surface area contributed by atoms with Gasteiger partial charge in [0.2, 0.25) is 0 Å². The lowest BCUT2D eigenvalue weighted by molar-refractivity contribution is 0.307. The molecule has 4 heteroatoms. The molecule has 1 heterocycles. The number of thiazole rings is 1. The van der Waals surface area contributed by atoms with Crippen molar-refractivity contribution in [3.8, 4) is 5.75 Å². The number of aromatic nitrogens is 1. The van der Waals surface area contributed by atoms with Crippen LogP contribution in [0.5, 0.6) is 5.75 Å². The lowest BCUT2D eigenvalue weighted by Gasteiger charge is -2.10. The first kappa shape index (κ1) is 11.7. The molecule has 0 fully saturated rings. The molecule has 3 nitrogen and oxygen atoms in total. The lowest BCUT2D eigenvalue weighted by Crippen LogP contribution is -1.98. The summed E-state index contributed by atoms with van der Waals surface area (Å²) in [6.45, 7) is 4.27. The highest BCUT2D eigenvalue weighted by Gasteiger charge is 2.04. The van der Waals surface area contributed by atoms with Crippen LogP contribution in [0.4, 0.5) is 5.69 Å². The molecule has 0 amide bonds. The van der Waals surface area contributed by atoms with Crippen molar-refractivity contribution in [3.05, 3.63) is 53.0 Å². The topological polar surface area (TPSA) is 48.1 Å². The van der Waals surface area contributed by atoms with E-state index in [-0.39, 0.29) is 0 Å². The molecule has 0 aliphatic carbocycles. The van der Waals surface area contributed by atoms with Gasteiger partial charge in [-0.3, -0.25) is 4.98 Å². The van der Waals surface area contributed by atoms with Crippen LogP contribution in [0.3, 0.4) is 0 Å². The number of hydrogen-bond donors (Lipinski definition) is 1. The molecule has 0 spiro atoms. The number of ether oxygens (including phenoxy) is 1. The normalized spacial score (nSPS) is 10.1. The number of benzene rings is 1. The van der Waals surface area contributed by atoms with E-state index in [1.807, 2.05) is 30.5 Å². The first-order valence-corrected chi connectivity index (χ1v) is 6.17. The van der Waals surface area contributed by atoms with Crippen LogP contribution in [0, 0.1) is 0 Å². The molecule has 2 aromatic rings. The third kappa shape index (κ3) is 3.07. The predicted octanol–water partition coefficient (Wildman–Crippen LogP) is 3.03. The van der Waals surface area contributed by atoms with Crippen molar-refractivity contribution in [2.75, 3.05) is 5.73 Å². The van der Waals surface area contributed by atoms with E-state index >= 15 is 0 Å². The summed E-state index contributed by atoms with van der Waals surface area (Å²) in [6, 6.07) is 5.66. The average Bonchev–Trinajstić information content (AvgIpc) is 2.81. The Balaban J connectivity index is 2.11. The monoisotopic (exact) mass is 246 g/mol. The van der Waals surface area contributed by atoms with Gasteiger partial charge >= 0.3 is 0 Å². The molecule has 0 bridgehead atoms. The molecule has 1 aromatic heterocycles. The van der Waals surface area contributed by atoms with Gasteiger partial charge in [-0.05, 0) is 30.2 Å². The van der Waals surface area contributed by atoms with Crippen LogP contribution in [-0.2, 0) is 13.0 Å². The standard InChI is InChI=1S/C13H14N2OS/c1-2-3-10-6-11(14)4-5-13(10)16-8-12-7-15-9-17-12/h2,4-7,9H,1,3,8,14H2. The highest BCUT2D eigenvalue weighted by molar-refractivity contribution is 7.09. The molecule has 17 heavy (non-hydrogen) atoms. The molecule has 0 unspecified atom stereocenters. The zero-order valence-electron chi connectivity index (χ0n) is 9.43. The Morgan fingerprint density at radius 1 is 1.47 bits per heavy atom. The highest BCUT2D eigenvalue weighted by atomic mass is 32.1. The maximum Gasteiger partial charge on any atom is 0.124 e. The van der Waals surface area contributed by atoms with Gasteiger partial charge in [0.15, 0.2) is 0 Å². The molecule has 0 aliphatic heterocycles. The zero-order chi connectivity index (χ0) is 12.1. The number of nitrogen functional groups attached to an aromatic ring is 1. The van der Waals surface area contributed by atoms with Gasteiger partial charge in [0.25, 0.3) is 0 Å². The zero-order valence-corrected chi connectivity index (χ0v) is 10.2. The van der Waals surface area contributed by atoms with Gasteiger partial charge in [-0.1, -0.05) is 6.08 Å². The first-order valence-electron chi connectivity index (χ1n) is 5.29. The fourth-order valence-corrected chi connectivity index (χ4v) is 2.02. The highest BCUT2D eigenvalue weighted by Crippen LogP contribution is 2.23. The summed E-state index contributed by atoms with van der Waals surface area (Å²) in [7, 11) is 0. The van der Waals surface area contributed by atoms with Crippen molar-refractivity contribution in [1.82, 2.24) is 4.98 Å². The Kier molecular flexibility index (Phi) is 3.77. The second-order valence-electron chi connectivity index (χ2n) is 3.62. The molecule has 0 saturated heterocycles. The number of hydrogen-bond acceptors (Lipinski definition) is 4. The second-order valence-corrected chi connectivity index (χ2v) is 4.59. The minimum Gasteiger partial charge on any atom is -0.488 e. The summed E-state index contributed by atoms with van der Waals surface area (Å²) in [5.41, 5.74) is 9.35. The van der Waals surface area contributed by atoms with E-state index in [2.05, 4.69) is 11.6 Å². The van der Waals surface area contributed by atoms with Gasteiger partial charge in [0.1, 0.15) is 12.4 Å². The van der Waals surface area contributed by atoms with Crippen LogP contribution < -0.4 is 10.5 Å². The lowest BCUT2D eigenvalue weighted by atomic mass is 10.1. The number of nitrogens with zero attached hydrogens (tertiary/aromatic N) is 1. The summed E-state index contributed by atoms with van der Waals surface area (Å²) in [4.78, 5) is 5.11. The van der Waals surface area contributed by atoms with Gasteiger partial charge in [-0.15, -0.1) is 17.9 Å². The SMILES string of the molecule is C=CCc1cc(N)ccc1OCc1cncs1. The van der Waals surface area contributed by atoms with Gasteiger partial charge in [0, 0.05) is 11.9 Å². The summed E-state index contributed by atoms with van der Waals surface area (Å²) in [5.74, 6) is 0.854. The molecular weight excluding hydrogens is 232 g/mol. The molecule has 2 N–H and O–H groups in total. The van der Waals surface area contributed by atoms with Crippen molar-refractivity contribution in [2.45, 2.75) is 13.0 Å². The first-order chi connectivity index (χ1) is 8.29. The quantitative estimate of drug-likeness (QED) is 0.651. The summed E-state index contributed by atoms with van der Waals surface area (Å²) in [6.07, 6.45) is 4.41. The van der Waals surface area contributed by atoms with Gasteiger partial charge in [-0.2, -0.15) is 0 Å². The van der Waals surface area contributed by atoms with E-state index in [4.69, 9.17) is 10.5 Å². The number of nitrogens with two attached hydrogens (primary N) is 1. The Labute approximate surface area is 105 Å². The number of anilines is 1. The summed E-state index contributed by atoms with van der Waals surface area (Å²) >= 11 is 1.58. The fourth-order valence-electron chi connectivity index (χ4n) is 1.52. The van der Waals surface area contributed by atoms with E-state index in [0.29, 0.717) is 6.61 Å². The fraction of sp³-hybridized carbons (Fsp3) is 0.154. The Morgan fingerprint density at radius 3 is 3.06 bits per heavy atom. The van der Waals surface area contributed by atoms with Gasteiger partial charge in [-0.25, -0.2) is 0 Å². The van der Waals surface area contributed by atoms with Crippen LogP contribution in [-0.4, -0.2) is 4.98 Å². The Bertz CT molecular complexity index is 494. The van der Waals surface area contributed by atoms with Gasteiger partial charge in [0.05, 0.1) is 10.4 Å². The summed E-state index contributed by atoms with van der Waals surface area (Å²) in [5, 5.41) is 0. The van der Waals surface area contributed by atoms with E-state index in [1.165, 1.54) is 0 Å². The minimum atomic E-state index is 0.540. The molecule has 88 valence electrons. The van der Waals surface area contributed by atoms with Crippen molar-refractivity contribution >= 4 is 17.0 Å². The molecule has 1 aromatic carbocycles. The Hall–Kier alpha value is -1.81. The smallest absolute Gasteiger partial charge is 0.124 e. The third-order valence-corrected chi connectivity index (χ3v) is 3.06. The average molecular weight is 246 g/mol. The van der Waals surface area contributed by atoms with Crippen molar-refractivity contribution < 1.29 is 4.74 Å². The molecule has 0 aliphatic rings. The van der Waals surface area contributed by atoms with E-state index in [9.17, 15) is 0 Å². The third-order valence-electron chi connectivity index (χ3n) is 2.30. The van der Waals surface area contributed by atoms with Crippen LogP contribution in [0.1, 0.15) is 10.4 Å². The number of allylic oxidation sites excluding steroid dienone is 1. The molecule has 0 atom stereocenters. The minimum absolute atomic E-state index is 0.540. The van der Waals surface area contributed by atoms with E-state index in [1.54, 1.807) is 16.8 Å². The molecule has 0 radical (unpaired) electrons. The Morgan fingerprint density at radius 2 is 2.35 bits per heavy atom. The van der Waals surface area contributed by atoms with Crippen molar-refractivity contribution in [1.29, 1.82) is 0 Å². The van der Waals surface area contributed by atoms with Crippen LogP contribution >= 0.6 is 11.3 Å². The maximum atomic E-state index is 5.76. The molecule has 0 saturated carbocycles. The van der Waals surface area contributed by atoms with Crippen LogP contribution in [0.15, 0.2) is 42.6 Å². The van der Waals surface area contributed by atoms with Crippen molar-refractivity contribution in [3.63, 3.8) is 0 Å². The van der Waals surface area contributed by atoms with E-state index < -0.39 is 0 Å². The molecule has 2 rings (SSSR count). The van der Waals surface area contributed by atoms with Crippen LogP contribution in [0.2, 0.25) is 0 Å². The van der Waals surface area contributed by atoms with E-state index in [0.717, 1.165) is 28.3 Å². The molecular formula is C13H14N2OS. The number of rotatable bonds is 5. The van der Waals surface area contributed by atoms with Gasteiger partial charge < -0.3 is 10.5 Å². The predicted molar refractivity (Wildman–Crippen MR) is 71.2 cm³/mol.